The standard InChI is InChI=1S/C16H21NO4/c1-2-19-15(18)16(7-3-4-8-17-16)10-12-5-6-13-14(9-12)21-11-20-13/h5-6,9,17H,2-4,7-8,10-11H2,1H3/t16-/m0/s1. The van der Waals surface area contributed by atoms with Gasteiger partial charge < -0.3 is 19.5 Å². The van der Waals surface area contributed by atoms with Crippen LogP contribution in [-0.4, -0.2) is 31.5 Å². The van der Waals surface area contributed by atoms with Crippen LogP contribution in [0, 0.1) is 0 Å². The number of fused-ring (bicyclic) bond motifs is 1. The Hall–Kier alpha value is -1.75. The first-order chi connectivity index (χ1) is 10.2. The first-order valence-electron chi connectivity index (χ1n) is 7.54. The SMILES string of the molecule is CCOC(=O)[C@@]1(Cc2ccc3c(c2)OCO3)CCCCN1. The number of esters is 1. The smallest absolute Gasteiger partial charge is 0.326 e. The summed E-state index contributed by atoms with van der Waals surface area (Å²) in [5, 5.41) is 3.39. The molecule has 0 aliphatic carbocycles. The topological polar surface area (TPSA) is 56.8 Å². The molecule has 0 saturated carbocycles. The van der Waals surface area contributed by atoms with Crippen LogP contribution < -0.4 is 14.8 Å². The lowest BCUT2D eigenvalue weighted by molar-refractivity contribution is -0.152. The highest BCUT2D eigenvalue weighted by Gasteiger charge is 2.41. The van der Waals surface area contributed by atoms with Crippen molar-refractivity contribution in [2.75, 3.05) is 19.9 Å². The number of carbonyl (C=O) groups is 1. The van der Waals surface area contributed by atoms with Crippen molar-refractivity contribution in [2.45, 2.75) is 38.1 Å². The third-order valence-corrected chi connectivity index (χ3v) is 4.10. The third-order valence-electron chi connectivity index (χ3n) is 4.10. The van der Waals surface area contributed by atoms with Gasteiger partial charge in [0.05, 0.1) is 6.61 Å². The van der Waals surface area contributed by atoms with E-state index >= 15 is 0 Å². The van der Waals surface area contributed by atoms with E-state index < -0.39 is 5.54 Å². The molecule has 3 rings (SSSR count). The van der Waals surface area contributed by atoms with Gasteiger partial charge in [-0.1, -0.05) is 6.07 Å². The van der Waals surface area contributed by atoms with Crippen molar-refractivity contribution in [3.8, 4) is 11.5 Å². The first kappa shape index (κ1) is 14.2. The summed E-state index contributed by atoms with van der Waals surface area (Å²) in [5.41, 5.74) is 0.448. The Kier molecular flexibility index (Phi) is 4.01. The van der Waals surface area contributed by atoms with Gasteiger partial charge >= 0.3 is 5.97 Å². The largest absolute Gasteiger partial charge is 0.465 e. The second kappa shape index (κ2) is 5.93. The average Bonchev–Trinajstić information content (AvgIpc) is 2.96. The van der Waals surface area contributed by atoms with E-state index in [-0.39, 0.29) is 12.8 Å². The molecular weight excluding hydrogens is 270 g/mol. The second-order valence-electron chi connectivity index (χ2n) is 5.55. The Morgan fingerprint density at radius 3 is 2.95 bits per heavy atom. The molecule has 2 aliphatic heterocycles. The van der Waals surface area contributed by atoms with Gasteiger partial charge in [-0.2, -0.15) is 0 Å². The molecule has 1 saturated heterocycles. The molecule has 21 heavy (non-hydrogen) atoms. The molecule has 1 fully saturated rings. The van der Waals surface area contributed by atoms with Crippen molar-refractivity contribution in [3.05, 3.63) is 23.8 Å². The maximum atomic E-state index is 12.4. The van der Waals surface area contributed by atoms with Crippen molar-refractivity contribution < 1.29 is 19.0 Å². The lowest BCUT2D eigenvalue weighted by atomic mass is 9.83. The van der Waals surface area contributed by atoms with E-state index in [0.29, 0.717) is 13.0 Å². The van der Waals surface area contributed by atoms with Gasteiger partial charge in [-0.25, -0.2) is 0 Å². The molecule has 0 bridgehead atoms. The molecule has 1 aromatic carbocycles. The van der Waals surface area contributed by atoms with Crippen molar-refractivity contribution in [1.29, 1.82) is 0 Å². The highest BCUT2D eigenvalue weighted by atomic mass is 16.7. The quantitative estimate of drug-likeness (QED) is 0.860. The van der Waals surface area contributed by atoms with Crippen molar-refractivity contribution in [1.82, 2.24) is 5.32 Å². The molecule has 0 spiro atoms. The van der Waals surface area contributed by atoms with Gasteiger partial charge in [0.1, 0.15) is 5.54 Å². The van der Waals surface area contributed by atoms with Crippen molar-refractivity contribution in [2.24, 2.45) is 0 Å². The Bertz CT molecular complexity index is 523. The molecule has 0 radical (unpaired) electrons. The van der Waals surface area contributed by atoms with Gasteiger partial charge in [0.2, 0.25) is 6.79 Å². The van der Waals surface area contributed by atoms with Crippen molar-refractivity contribution >= 4 is 5.97 Å². The Balaban J connectivity index is 1.82. The van der Waals surface area contributed by atoms with Gasteiger partial charge in [0.15, 0.2) is 11.5 Å². The zero-order valence-corrected chi connectivity index (χ0v) is 12.3. The number of rotatable bonds is 4. The molecule has 1 N–H and O–H groups in total. The summed E-state index contributed by atoms with van der Waals surface area (Å²) in [4.78, 5) is 12.4. The number of ether oxygens (including phenoxy) is 3. The predicted octanol–water partition coefficient (Wildman–Crippen LogP) is 2.03. The maximum absolute atomic E-state index is 12.4. The van der Waals surface area contributed by atoms with Crippen LogP contribution in [-0.2, 0) is 16.0 Å². The number of hydrogen-bond acceptors (Lipinski definition) is 5. The van der Waals surface area contributed by atoms with E-state index in [2.05, 4.69) is 5.32 Å². The molecule has 1 atom stereocenters. The van der Waals surface area contributed by atoms with E-state index in [0.717, 1.165) is 42.9 Å². The monoisotopic (exact) mass is 291 g/mol. The molecule has 5 nitrogen and oxygen atoms in total. The van der Waals surface area contributed by atoms with Gasteiger partial charge in [0.25, 0.3) is 0 Å². The summed E-state index contributed by atoms with van der Waals surface area (Å²) >= 11 is 0. The fourth-order valence-electron chi connectivity index (χ4n) is 3.03. The van der Waals surface area contributed by atoms with Crippen LogP contribution in [0.2, 0.25) is 0 Å². The predicted molar refractivity (Wildman–Crippen MR) is 77.5 cm³/mol. The van der Waals surface area contributed by atoms with Crippen LogP contribution in [0.4, 0.5) is 0 Å². The summed E-state index contributed by atoms with van der Waals surface area (Å²) in [6.07, 6.45) is 3.56. The summed E-state index contributed by atoms with van der Waals surface area (Å²) in [6, 6.07) is 5.85. The second-order valence-corrected chi connectivity index (χ2v) is 5.55. The third kappa shape index (κ3) is 2.83. The zero-order valence-electron chi connectivity index (χ0n) is 12.3. The van der Waals surface area contributed by atoms with Crippen LogP contribution in [0.3, 0.4) is 0 Å². The number of piperidine rings is 1. The van der Waals surface area contributed by atoms with Crippen LogP contribution in [0.5, 0.6) is 11.5 Å². The molecule has 0 unspecified atom stereocenters. The normalized spacial score (nSPS) is 23.9. The van der Waals surface area contributed by atoms with Crippen molar-refractivity contribution in [3.63, 3.8) is 0 Å². The molecule has 1 aromatic rings. The fraction of sp³-hybridized carbons (Fsp3) is 0.562. The summed E-state index contributed by atoms with van der Waals surface area (Å²) in [5.74, 6) is 1.37. The first-order valence-corrected chi connectivity index (χ1v) is 7.54. The molecule has 5 heteroatoms. The zero-order chi connectivity index (χ0) is 14.7. The van der Waals surface area contributed by atoms with Crippen LogP contribution >= 0.6 is 0 Å². The van der Waals surface area contributed by atoms with E-state index in [1.165, 1.54) is 0 Å². The number of hydrogen-bond donors (Lipinski definition) is 1. The molecule has 2 heterocycles. The average molecular weight is 291 g/mol. The highest BCUT2D eigenvalue weighted by molar-refractivity contribution is 5.81. The highest BCUT2D eigenvalue weighted by Crippen LogP contribution is 2.34. The maximum Gasteiger partial charge on any atom is 0.326 e. The number of carbonyl (C=O) groups excluding carboxylic acids is 1. The Labute approximate surface area is 124 Å². The van der Waals surface area contributed by atoms with E-state index in [1.54, 1.807) is 0 Å². The minimum atomic E-state index is -0.609. The van der Waals surface area contributed by atoms with E-state index in [9.17, 15) is 4.79 Å². The minimum Gasteiger partial charge on any atom is -0.465 e. The van der Waals surface area contributed by atoms with E-state index in [1.807, 2.05) is 25.1 Å². The number of benzene rings is 1. The molecular formula is C16H21NO4. The summed E-state index contributed by atoms with van der Waals surface area (Å²) < 4.78 is 16.0. The molecule has 0 aromatic heterocycles. The van der Waals surface area contributed by atoms with Crippen LogP contribution in [0.25, 0.3) is 0 Å². The molecule has 0 amide bonds. The Morgan fingerprint density at radius 2 is 2.19 bits per heavy atom. The minimum absolute atomic E-state index is 0.151. The van der Waals surface area contributed by atoms with Crippen LogP contribution in [0.15, 0.2) is 18.2 Å². The van der Waals surface area contributed by atoms with Gasteiger partial charge in [-0.05, 0) is 50.4 Å². The molecule has 114 valence electrons. The van der Waals surface area contributed by atoms with Gasteiger partial charge in [-0.3, -0.25) is 4.79 Å². The number of nitrogens with one attached hydrogen (secondary N) is 1. The lowest BCUT2D eigenvalue weighted by Crippen LogP contribution is -2.57. The van der Waals surface area contributed by atoms with Gasteiger partial charge in [-0.15, -0.1) is 0 Å². The summed E-state index contributed by atoms with van der Waals surface area (Å²) in [6.45, 7) is 3.36. The Morgan fingerprint density at radius 1 is 1.33 bits per heavy atom. The van der Waals surface area contributed by atoms with E-state index in [4.69, 9.17) is 14.2 Å². The summed E-state index contributed by atoms with van der Waals surface area (Å²) in [7, 11) is 0. The van der Waals surface area contributed by atoms with Gasteiger partial charge in [0, 0.05) is 6.42 Å². The lowest BCUT2D eigenvalue weighted by Gasteiger charge is -2.36. The molecule has 2 aliphatic rings. The van der Waals surface area contributed by atoms with Crippen LogP contribution in [0.1, 0.15) is 31.7 Å². The fourth-order valence-corrected chi connectivity index (χ4v) is 3.03.